The fraction of sp³-hybridized carbons (Fsp3) is 0.583. The van der Waals surface area contributed by atoms with Crippen LogP contribution >= 0.6 is 0 Å². The molecule has 0 spiro atoms. The van der Waals surface area contributed by atoms with E-state index in [9.17, 15) is 9.59 Å². The van der Waals surface area contributed by atoms with Crippen molar-refractivity contribution in [3.8, 4) is 0 Å². The Hall–Kier alpha value is -1.85. The number of hydrogen-bond acceptors (Lipinski definition) is 3. The summed E-state index contributed by atoms with van der Waals surface area (Å²) >= 11 is 0. The second-order valence-electron chi connectivity index (χ2n) is 4.76. The summed E-state index contributed by atoms with van der Waals surface area (Å²) in [5.41, 5.74) is 1.12. The Morgan fingerprint density at radius 3 is 2.50 bits per heavy atom. The Labute approximate surface area is 106 Å². The summed E-state index contributed by atoms with van der Waals surface area (Å²) in [5, 5.41) is 15.5. The Morgan fingerprint density at radius 2 is 2.11 bits per heavy atom. The third-order valence-corrected chi connectivity index (χ3v) is 2.79. The molecule has 18 heavy (non-hydrogen) atoms. The molecule has 1 aromatic rings. The number of carbonyl (C=O) groups is 2. The van der Waals surface area contributed by atoms with E-state index in [2.05, 4.69) is 10.4 Å². The van der Waals surface area contributed by atoms with Crippen molar-refractivity contribution in [2.24, 2.45) is 13.0 Å². The van der Waals surface area contributed by atoms with Gasteiger partial charge in [0.05, 0.1) is 11.8 Å². The van der Waals surface area contributed by atoms with Gasteiger partial charge < -0.3 is 10.4 Å². The van der Waals surface area contributed by atoms with Gasteiger partial charge in [0.25, 0.3) is 5.91 Å². The molecule has 1 aromatic heterocycles. The largest absolute Gasteiger partial charge is 0.480 e. The summed E-state index contributed by atoms with van der Waals surface area (Å²) in [7, 11) is 1.73. The van der Waals surface area contributed by atoms with E-state index < -0.39 is 17.9 Å². The van der Waals surface area contributed by atoms with Gasteiger partial charge in [-0.3, -0.25) is 9.48 Å². The van der Waals surface area contributed by atoms with Crippen LogP contribution in [0, 0.1) is 12.8 Å². The molecule has 0 unspecified atom stereocenters. The molecule has 0 fully saturated rings. The number of nitrogens with one attached hydrogen (secondary N) is 1. The second kappa shape index (κ2) is 5.66. The highest BCUT2D eigenvalue weighted by Crippen LogP contribution is 2.09. The molecule has 0 saturated carbocycles. The standard InChI is InChI=1S/C12H19N3O3/c1-7(2)5-10(12(17)18)14-11(16)9-6-13-15(4)8(9)3/h6-7,10H,5H2,1-4H3,(H,14,16)(H,17,18)/t10-/m0/s1. The van der Waals surface area contributed by atoms with E-state index in [0.717, 1.165) is 0 Å². The van der Waals surface area contributed by atoms with Crippen molar-refractivity contribution < 1.29 is 14.7 Å². The zero-order chi connectivity index (χ0) is 13.9. The van der Waals surface area contributed by atoms with Crippen molar-refractivity contribution in [3.05, 3.63) is 17.5 Å². The smallest absolute Gasteiger partial charge is 0.326 e. The van der Waals surface area contributed by atoms with Gasteiger partial charge in [-0.15, -0.1) is 0 Å². The van der Waals surface area contributed by atoms with Crippen LogP contribution in [0.5, 0.6) is 0 Å². The predicted molar refractivity (Wildman–Crippen MR) is 66.3 cm³/mol. The van der Waals surface area contributed by atoms with Gasteiger partial charge in [-0.1, -0.05) is 13.8 Å². The lowest BCUT2D eigenvalue weighted by Crippen LogP contribution is -2.41. The van der Waals surface area contributed by atoms with Gasteiger partial charge >= 0.3 is 5.97 Å². The van der Waals surface area contributed by atoms with Gasteiger partial charge in [-0.25, -0.2) is 4.79 Å². The van der Waals surface area contributed by atoms with Crippen LogP contribution in [0.3, 0.4) is 0 Å². The first-order valence-electron chi connectivity index (χ1n) is 5.85. The quantitative estimate of drug-likeness (QED) is 0.818. The maximum atomic E-state index is 11.9. The van der Waals surface area contributed by atoms with Crippen LogP contribution in [-0.4, -0.2) is 32.8 Å². The molecule has 1 rings (SSSR count). The van der Waals surface area contributed by atoms with E-state index in [1.54, 1.807) is 18.7 Å². The number of amides is 1. The molecule has 1 amide bonds. The summed E-state index contributed by atoms with van der Waals surface area (Å²) in [4.78, 5) is 23.0. The first-order valence-corrected chi connectivity index (χ1v) is 5.85. The van der Waals surface area contributed by atoms with Crippen molar-refractivity contribution in [3.63, 3.8) is 0 Å². The molecule has 0 saturated heterocycles. The van der Waals surface area contributed by atoms with Gasteiger partial charge in [-0.05, 0) is 19.3 Å². The summed E-state index contributed by atoms with van der Waals surface area (Å²) in [6.07, 6.45) is 1.85. The first kappa shape index (κ1) is 14.2. The molecule has 2 N–H and O–H groups in total. The maximum Gasteiger partial charge on any atom is 0.326 e. The average Bonchev–Trinajstić information content (AvgIpc) is 2.58. The third kappa shape index (κ3) is 3.32. The van der Waals surface area contributed by atoms with Crippen molar-refractivity contribution >= 4 is 11.9 Å². The molecule has 0 aliphatic rings. The van der Waals surface area contributed by atoms with Crippen LogP contribution in [0.1, 0.15) is 36.3 Å². The van der Waals surface area contributed by atoms with Gasteiger partial charge in [0.2, 0.25) is 0 Å². The zero-order valence-corrected chi connectivity index (χ0v) is 11.1. The number of carboxylic acid groups (broad SMARTS) is 1. The number of nitrogens with zero attached hydrogens (tertiary/aromatic N) is 2. The minimum atomic E-state index is -1.02. The SMILES string of the molecule is Cc1c(C(=O)N[C@@H](CC(C)C)C(=O)O)cnn1C. The molecule has 6 heteroatoms. The van der Waals surface area contributed by atoms with Gasteiger partial charge in [0.1, 0.15) is 6.04 Å². The lowest BCUT2D eigenvalue weighted by molar-refractivity contribution is -0.139. The normalized spacial score (nSPS) is 12.5. The lowest BCUT2D eigenvalue weighted by Gasteiger charge is -2.16. The summed E-state index contributed by atoms with van der Waals surface area (Å²) in [6.45, 7) is 5.59. The van der Waals surface area contributed by atoms with Crippen LogP contribution in [0.4, 0.5) is 0 Å². The molecule has 1 atom stereocenters. The predicted octanol–water partition coefficient (Wildman–Crippen LogP) is 0.958. The number of aromatic nitrogens is 2. The molecule has 0 aliphatic heterocycles. The highest BCUT2D eigenvalue weighted by molar-refractivity contribution is 5.97. The highest BCUT2D eigenvalue weighted by atomic mass is 16.4. The van der Waals surface area contributed by atoms with Crippen LogP contribution in [0.2, 0.25) is 0 Å². The van der Waals surface area contributed by atoms with Crippen LogP contribution in [-0.2, 0) is 11.8 Å². The van der Waals surface area contributed by atoms with Crippen molar-refractivity contribution in [1.29, 1.82) is 0 Å². The molecule has 0 radical (unpaired) electrons. The molecule has 0 aromatic carbocycles. The van der Waals surface area contributed by atoms with Crippen molar-refractivity contribution in [1.82, 2.24) is 15.1 Å². The van der Waals surface area contributed by atoms with Gasteiger partial charge in [0.15, 0.2) is 0 Å². The average molecular weight is 253 g/mol. The number of rotatable bonds is 5. The van der Waals surface area contributed by atoms with E-state index in [-0.39, 0.29) is 5.92 Å². The molecular weight excluding hydrogens is 234 g/mol. The number of carbonyl (C=O) groups excluding carboxylic acids is 1. The number of hydrogen-bond donors (Lipinski definition) is 2. The fourth-order valence-electron chi connectivity index (χ4n) is 1.65. The Morgan fingerprint density at radius 1 is 1.50 bits per heavy atom. The summed E-state index contributed by atoms with van der Waals surface area (Å²) in [6, 6.07) is -0.864. The van der Waals surface area contributed by atoms with E-state index in [4.69, 9.17) is 5.11 Å². The van der Waals surface area contributed by atoms with Crippen molar-refractivity contribution in [2.75, 3.05) is 0 Å². The van der Waals surface area contributed by atoms with E-state index in [1.165, 1.54) is 6.20 Å². The molecule has 100 valence electrons. The first-order chi connectivity index (χ1) is 8.32. The molecule has 0 bridgehead atoms. The number of aryl methyl sites for hydroxylation is 1. The minimum absolute atomic E-state index is 0.196. The summed E-state index contributed by atoms with van der Waals surface area (Å²) in [5.74, 6) is -1.21. The van der Waals surface area contributed by atoms with Crippen LogP contribution in [0.25, 0.3) is 0 Å². The lowest BCUT2D eigenvalue weighted by atomic mass is 10.0. The molecule has 1 heterocycles. The van der Waals surface area contributed by atoms with Gasteiger partial charge in [-0.2, -0.15) is 5.10 Å². The number of carboxylic acids is 1. The van der Waals surface area contributed by atoms with E-state index >= 15 is 0 Å². The minimum Gasteiger partial charge on any atom is -0.480 e. The molecule has 6 nitrogen and oxygen atoms in total. The molecule has 0 aliphatic carbocycles. The monoisotopic (exact) mass is 253 g/mol. The maximum absolute atomic E-state index is 11.9. The molecular formula is C12H19N3O3. The Bertz CT molecular complexity index is 451. The van der Waals surface area contributed by atoms with Crippen molar-refractivity contribution in [2.45, 2.75) is 33.2 Å². The Balaban J connectivity index is 2.79. The zero-order valence-electron chi connectivity index (χ0n) is 11.1. The topological polar surface area (TPSA) is 84.2 Å². The number of aliphatic carboxylic acids is 1. The second-order valence-corrected chi connectivity index (χ2v) is 4.76. The fourth-order valence-corrected chi connectivity index (χ4v) is 1.65. The van der Waals surface area contributed by atoms with Crippen LogP contribution in [0.15, 0.2) is 6.20 Å². The summed E-state index contributed by atoms with van der Waals surface area (Å²) < 4.78 is 1.58. The van der Waals surface area contributed by atoms with Gasteiger partial charge in [0, 0.05) is 12.7 Å². The highest BCUT2D eigenvalue weighted by Gasteiger charge is 2.23. The van der Waals surface area contributed by atoms with Crippen LogP contribution < -0.4 is 5.32 Å². The van der Waals surface area contributed by atoms with E-state index in [1.807, 2.05) is 13.8 Å². The van der Waals surface area contributed by atoms with E-state index in [0.29, 0.717) is 17.7 Å². The third-order valence-electron chi connectivity index (χ3n) is 2.79. The Kier molecular flexibility index (Phi) is 4.47.